The number of ether oxygens (including phenoxy) is 1. The molecule has 6 heteroatoms. The highest BCUT2D eigenvalue weighted by Crippen LogP contribution is 2.31. The van der Waals surface area contributed by atoms with E-state index in [0.717, 1.165) is 11.1 Å². The molecule has 0 saturated carbocycles. The predicted molar refractivity (Wildman–Crippen MR) is 86.5 cm³/mol. The molecule has 1 heterocycles. The maximum Gasteiger partial charge on any atom is 0.319 e. The average molecular weight is 313 g/mol. The number of hydrogen-bond donors (Lipinski definition) is 3. The van der Waals surface area contributed by atoms with Crippen LogP contribution in [0.1, 0.15) is 24.1 Å². The molecule has 120 valence electrons. The van der Waals surface area contributed by atoms with E-state index in [-0.39, 0.29) is 0 Å². The third kappa shape index (κ3) is 3.27. The lowest BCUT2D eigenvalue weighted by atomic mass is 10.1. The summed E-state index contributed by atoms with van der Waals surface area (Å²) in [5.41, 5.74) is 2.50. The molecule has 1 aliphatic carbocycles. The Morgan fingerprint density at radius 3 is 3.00 bits per heavy atom. The van der Waals surface area contributed by atoms with Crippen molar-refractivity contribution >= 4 is 11.7 Å². The van der Waals surface area contributed by atoms with Gasteiger partial charge in [0.1, 0.15) is 5.69 Å². The molecule has 0 fully saturated rings. The molecule has 2 aromatic rings. The summed E-state index contributed by atoms with van der Waals surface area (Å²) in [5, 5.41) is 15.7. The first kappa shape index (κ1) is 15.3. The Morgan fingerprint density at radius 1 is 1.35 bits per heavy atom. The molecule has 0 saturated heterocycles. The monoisotopic (exact) mass is 313 g/mol. The van der Waals surface area contributed by atoms with Gasteiger partial charge in [-0.05, 0) is 30.2 Å². The molecule has 23 heavy (non-hydrogen) atoms. The molecule has 3 N–H and O–H groups in total. The molecule has 0 spiro atoms. The number of nitrogens with one attached hydrogen (secondary N) is 2. The highest BCUT2D eigenvalue weighted by molar-refractivity contribution is 5.90. The lowest BCUT2D eigenvalue weighted by Crippen LogP contribution is -2.36. The molecule has 0 bridgehead atoms. The number of rotatable bonds is 4. The normalized spacial score (nSPS) is 19.0. The van der Waals surface area contributed by atoms with Crippen LogP contribution >= 0.6 is 0 Å². The van der Waals surface area contributed by atoms with E-state index < -0.39 is 18.2 Å². The SMILES string of the molecule is CCOc1ncccc1NC(=O)N[C@@H]1c2ccccc2C[C@@H]1O. The molecule has 1 aliphatic rings. The van der Waals surface area contributed by atoms with Crippen LogP contribution in [0.3, 0.4) is 0 Å². The van der Waals surface area contributed by atoms with Gasteiger partial charge in [0.2, 0.25) is 5.88 Å². The van der Waals surface area contributed by atoms with Gasteiger partial charge >= 0.3 is 6.03 Å². The Labute approximate surface area is 134 Å². The molecular weight excluding hydrogens is 294 g/mol. The van der Waals surface area contributed by atoms with Crippen molar-refractivity contribution in [1.82, 2.24) is 10.3 Å². The zero-order chi connectivity index (χ0) is 16.2. The smallest absolute Gasteiger partial charge is 0.319 e. The van der Waals surface area contributed by atoms with Crippen LogP contribution in [0, 0.1) is 0 Å². The van der Waals surface area contributed by atoms with Gasteiger partial charge in [0.25, 0.3) is 0 Å². The minimum absolute atomic E-state index is 0.373. The Balaban J connectivity index is 1.71. The number of nitrogens with zero attached hydrogens (tertiary/aromatic N) is 1. The van der Waals surface area contributed by atoms with Crippen LogP contribution < -0.4 is 15.4 Å². The van der Waals surface area contributed by atoms with Crippen LogP contribution in [0.2, 0.25) is 0 Å². The molecule has 0 radical (unpaired) electrons. The molecule has 0 aliphatic heterocycles. The Kier molecular flexibility index (Phi) is 4.43. The van der Waals surface area contributed by atoms with Crippen molar-refractivity contribution < 1.29 is 14.6 Å². The summed E-state index contributed by atoms with van der Waals surface area (Å²) in [6.07, 6.45) is 1.52. The molecule has 1 aromatic carbocycles. The second-order valence-electron chi connectivity index (χ2n) is 5.34. The lowest BCUT2D eigenvalue weighted by molar-refractivity contribution is 0.144. The van der Waals surface area contributed by atoms with Gasteiger partial charge in [0.15, 0.2) is 0 Å². The van der Waals surface area contributed by atoms with Gasteiger partial charge in [0, 0.05) is 12.6 Å². The fraction of sp³-hybridized carbons (Fsp3) is 0.294. The van der Waals surface area contributed by atoms with Crippen molar-refractivity contribution in [3.8, 4) is 5.88 Å². The van der Waals surface area contributed by atoms with Crippen LogP contribution in [0.25, 0.3) is 0 Å². The van der Waals surface area contributed by atoms with E-state index in [1.54, 1.807) is 18.3 Å². The highest BCUT2D eigenvalue weighted by atomic mass is 16.5. The van der Waals surface area contributed by atoms with Gasteiger partial charge in [-0.2, -0.15) is 0 Å². The van der Waals surface area contributed by atoms with E-state index in [4.69, 9.17) is 4.74 Å². The zero-order valence-electron chi connectivity index (χ0n) is 12.8. The van der Waals surface area contributed by atoms with Crippen molar-refractivity contribution in [2.45, 2.75) is 25.5 Å². The largest absolute Gasteiger partial charge is 0.476 e. The molecule has 3 rings (SSSR count). The first-order valence-electron chi connectivity index (χ1n) is 7.60. The Bertz CT molecular complexity index is 705. The second-order valence-corrected chi connectivity index (χ2v) is 5.34. The van der Waals surface area contributed by atoms with E-state index in [0.29, 0.717) is 24.6 Å². The molecule has 1 aromatic heterocycles. The number of benzene rings is 1. The van der Waals surface area contributed by atoms with Gasteiger partial charge in [-0.15, -0.1) is 0 Å². The summed E-state index contributed by atoms with van der Waals surface area (Å²) in [4.78, 5) is 16.4. The van der Waals surface area contributed by atoms with Gasteiger partial charge in [-0.1, -0.05) is 24.3 Å². The first-order valence-corrected chi connectivity index (χ1v) is 7.60. The maximum atomic E-state index is 12.3. The van der Waals surface area contributed by atoms with Crippen molar-refractivity contribution in [2.24, 2.45) is 0 Å². The van der Waals surface area contributed by atoms with Crippen LogP contribution in [-0.2, 0) is 6.42 Å². The number of carbonyl (C=O) groups excluding carboxylic acids is 1. The Hall–Kier alpha value is -2.60. The number of fused-ring (bicyclic) bond motifs is 1. The number of aromatic nitrogens is 1. The summed E-state index contributed by atoms with van der Waals surface area (Å²) >= 11 is 0. The molecule has 2 atom stereocenters. The number of carbonyl (C=O) groups is 1. The fourth-order valence-electron chi connectivity index (χ4n) is 2.79. The number of hydrogen-bond acceptors (Lipinski definition) is 4. The van der Waals surface area contributed by atoms with Crippen LogP contribution in [-0.4, -0.2) is 28.8 Å². The minimum atomic E-state index is -0.626. The summed E-state index contributed by atoms with van der Waals surface area (Å²) in [5.74, 6) is 0.373. The fourth-order valence-corrected chi connectivity index (χ4v) is 2.79. The number of aliphatic hydroxyl groups is 1. The third-order valence-corrected chi connectivity index (χ3v) is 3.79. The van der Waals surface area contributed by atoms with Crippen LogP contribution in [0.5, 0.6) is 5.88 Å². The molecule has 6 nitrogen and oxygen atoms in total. The molecule has 0 unspecified atom stereocenters. The summed E-state index contributed by atoms with van der Waals surface area (Å²) in [6, 6.07) is 10.3. The number of anilines is 1. The highest BCUT2D eigenvalue weighted by Gasteiger charge is 2.31. The number of amides is 2. The first-order chi connectivity index (χ1) is 11.2. The van der Waals surface area contributed by atoms with E-state index in [1.165, 1.54) is 0 Å². The van der Waals surface area contributed by atoms with E-state index in [2.05, 4.69) is 15.6 Å². The van der Waals surface area contributed by atoms with Crippen molar-refractivity contribution in [3.05, 3.63) is 53.7 Å². The number of aliphatic hydroxyl groups excluding tert-OH is 1. The van der Waals surface area contributed by atoms with Crippen molar-refractivity contribution in [3.63, 3.8) is 0 Å². The van der Waals surface area contributed by atoms with Gasteiger partial charge < -0.3 is 20.5 Å². The number of urea groups is 1. The van der Waals surface area contributed by atoms with Gasteiger partial charge in [-0.3, -0.25) is 0 Å². The standard InChI is InChI=1S/C17H19N3O3/c1-2-23-16-13(8-5-9-18-16)19-17(22)20-15-12-7-4-3-6-11(12)10-14(15)21/h3-9,14-15,21H,2,10H2,1H3,(H2,19,20,22)/t14-,15+/m0/s1. The van der Waals surface area contributed by atoms with Crippen LogP contribution in [0.15, 0.2) is 42.6 Å². The summed E-state index contributed by atoms with van der Waals surface area (Å²) in [6.45, 7) is 2.31. The quantitative estimate of drug-likeness (QED) is 0.808. The summed E-state index contributed by atoms with van der Waals surface area (Å²) in [7, 11) is 0. The van der Waals surface area contributed by atoms with Crippen molar-refractivity contribution in [1.29, 1.82) is 0 Å². The number of pyridine rings is 1. The van der Waals surface area contributed by atoms with Crippen molar-refractivity contribution in [2.75, 3.05) is 11.9 Å². The van der Waals surface area contributed by atoms with E-state index in [9.17, 15) is 9.90 Å². The topological polar surface area (TPSA) is 83.5 Å². The zero-order valence-corrected chi connectivity index (χ0v) is 12.8. The lowest BCUT2D eigenvalue weighted by Gasteiger charge is -2.19. The van der Waals surface area contributed by atoms with E-state index >= 15 is 0 Å². The van der Waals surface area contributed by atoms with Gasteiger partial charge in [-0.25, -0.2) is 9.78 Å². The predicted octanol–water partition coefficient (Wildman–Crippen LogP) is 2.26. The van der Waals surface area contributed by atoms with Crippen LogP contribution in [0.4, 0.5) is 10.5 Å². The molecule has 2 amide bonds. The summed E-state index contributed by atoms with van der Waals surface area (Å²) < 4.78 is 5.38. The third-order valence-electron chi connectivity index (χ3n) is 3.79. The Morgan fingerprint density at radius 2 is 2.17 bits per heavy atom. The maximum absolute atomic E-state index is 12.3. The van der Waals surface area contributed by atoms with Gasteiger partial charge in [0.05, 0.1) is 18.8 Å². The second kappa shape index (κ2) is 6.66. The average Bonchev–Trinajstić information content (AvgIpc) is 2.85. The van der Waals surface area contributed by atoms with E-state index in [1.807, 2.05) is 31.2 Å². The minimum Gasteiger partial charge on any atom is -0.476 e. The molecular formula is C17H19N3O3.